The average molecular weight is 404 g/mol. The van der Waals surface area contributed by atoms with E-state index in [1.807, 2.05) is 0 Å². The Morgan fingerprint density at radius 2 is 1.70 bits per heavy atom. The Morgan fingerprint density at radius 3 is 2.19 bits per heavy atom. The van der Waals surface area contributed by atoms with E-state index in [9.17, 15) is 26.4 Å². The summed E-state index contributed by atoms with van der Waals surface area (Å²) in [6.45, 7) is 0. The topological polar surface area (TPSA) is 95.9 Å². The first-order valence-corrected chi connectivity index (χ1v) is 8.81. The number of benzene rings is 2. The molecule has 0 aliphatic heterocycles. The molecule has 0 heterocycles. The number of sulfonamides is 1. The summed E-state index contributed by atoms with van der Waals surface area (Å²) >= 11 is 0. The van der Waals surface area contributed by atoms with Gasteiger partial charge in [-0.2, -0.15) is 0 Å². The normalized spacial score (nSPS) is 11.7. The van der Waals surface area contributed by atoms with E-state index in [0.29, 0.717) is 12.1 Å². The predicted octanol–water partition coefficient (Wildman–Crippen LogP) is 3.15. The molecule has 0 spiro atoms. The van der Waals surface area contributed by atoms with Crippen LogP contribution in [0, 0.1) is 0 Å². The van der Waals surface area contributed by atoms with Gasteiger partial charge >= 0.3 is 12.3 Å². The van der Waals surface area contributed by atoms with Crippen molar-refractivity contribution < 1.29 is 36.2 Å². The Balaban J connectivity index is 2.35. The van der Waals surface area contributed by atoms with Crippen molar-refractivity contribution in [1.82, 2.24) is 0 Å². The number of carboxylic acid groups (broad SMARTS) is 1. The monoisotopic (exact) mass is 404 g/mol. The third-order valence-corrected chi connectivity index (χ3v) is 4.73. The minimum absolute atomic E-state index is 0.202. The van der Waals surface area contributed by atoms with E-state index in [1.54, 1.807) is 31.1 Å². The van der Waals surface area contributed by atoms with Gasteiger partial charge in [-0.25, -0.2) is 13.2 Å². The summed E-state index contributed by atoms with van der Waals surface area (Å²) in [6.07, 6.45) is -5.11. The SMILES string of the molecule is CN(C)c1ccc(NS(=O)(=O)c2ccc(OC(F)(F)F)c(C(=O)O)c2)cc1. The highest BCUT2D eigenvalue weighted by Gasteiger charge is 2.33. The van der Waals surface area contributed by atoms with Crippen molar-refractivity contribution in [3.05, 3.63) is 48.0 Å². The maximum absolute atomic E-state index is 12.4. The van der Waals surface area contributed by atoms with Crippen molar-refractivity contribution in [3.8, 4) is 5.75 Å². The van der Waals surface area contributed by atoms with Crippen molar-refractivity contribution in [3.63, 3.8) is 0 Å². The molecule has 0 radical (unpaired) electrons. The molecule has 11 heteroatoms. The zero-order valence-corrected chi connectivity index (χ0v) is 14.9. The van der Waals surface area contributed by atoms with Gasteiger partial charge < -0.3 is 14.7 Å². The number of anilines is 2. The molecular weight excluding hydrogens is 389 g/mol. The number of hydrogen-bond donors (Lipinski definition) is 2. The Labute approximate surface area is 153 Å². The first kappa shape index (κ1) is 20.4. The number of rotatable bonds is 6. The molecule has 0 bridgehead atoms. The zero-order chi connectivity index (χ0) is 20.4. The van der Waals surface area contributed by atoms with Crippen LogP contribution in [0.15, 0.2) is 47.4 Å². The van der Waals surface area contributed by atoms with Crippen molar-refractivity contribution in [2.24, 2.45) is 0 Å². The number of ether oxygens (including phenoxy) is 1. The van der Waals surface area contributed by atoms with E-state index in [1.165, 1.54) is 12.1 Å². The first-order chi connectivity index (χ1) is 12.4. The second-order valence-corrected chi connectivity index (χ2v) is 7.24. The number of aromatic carboxylic acids is 1. The maximum atomic E-state index is 12.4. The summed E-state index contributed by atoms with van der Waals surface area (Å²) in [6, 6.07) is 8.35. The number of carbonyl (C=O) groups is 1. The molecule has 2 aromatic rings. The van der Waals surface area contributed by atoms with Gasteiger partial charge in [0.25, 0.3) is 10.0 Å². The number of nitrogens with zero attached hydrogens (tertiary/aromatic N) is 1. The molecule has 27 heavy (non-hydrogen) atoms. The first-order valence-electron chi connectivity index (χ1n) is 7.32. The standard InChI is InChI=1S/C16H15F3N2O5S/c1-21(2)11-5-3-10(4-6-11)20-27(24,25)12-7-8-14(26-16(17,18)19)13(9-12)15(22)23/h3-9,20H,1-2H3,(H,22,23). The van der Waals surface area contributed by atoms with E-state index in [-0.39, 0.29) is 5.69 Å². The summed E-state index contributed by atoms with van der Waals surface area (Å²) in [4.78, 5) is 12.5. The minimum Gasteiger partial charge on any atom is -0.478 e. The van der Waals surface area contributed by atoms with E-state index in [2.05, 4.69) is 9.46 Å². The molecule has 0 aromatic heterocycles. The number of alkyl halides is 3. The summed E-state index contributed by atoms with van der Waals surface area (Å²) in [7, 11) is -0.621. The van der Waals surface area contributed by atoms with Gasteiger partial charge in [-0.05, 0) is 42.5 Å². The smallest absolute Gasteiger partial charge is 0.478 e. The third-order valence-electron chi connectivity index (χ3n) is 3.35. The summed E-state index contributed by atoms with van der Waals surface area (Å²) < 4.78 is 67.7. The van der Waals surface area contributed by atoms with Gasteiger partial charge in [0.05, 0.1) is 4.90 Å². The van der Waals surface area contributed by atoms with Crippen LogP contribution >= 0.6 is 0 Å². The van der Waals surface area contributed by atoms with Crippen LogP contribution in [0.5, 0.6) is 5.75 Å². The molecule has 0 saturated carbocycles. The van der Waals surface area contributed by atoms with Gasteiger partial charge in [-0.15, -0.1) is 13.2 Å². The third kappa shape index (κ3) is 5.26. The molecule has 2 rings (SSSR count). The maximum Gasteiger partial charge on any atom is 0.573 e. The lowest BCUT2D eigenvalue weighted by atomic mass is 10.2. The van der Waals surface area contributed by atoms with Crippen LogP contribution in [-0.4, -0.2) is 40.0 Å². The van der Waals surface area contributed by atoms with Crippen LogP contribution < -0.4 is 14.4 Å². The van der Waals surface area contributed by atoms with Crippen molar-refractivity contribution in [1.29, 1.82) is 0 Å². The number of hydrogen-bond acceptors (Lipinski definition) is 5. The predicted molar refractivity (Wildman–Crippen MR) is 91.7 cm³/mol. The summed E-state index contributed by atoms with van der Waals surface area (Å²) in [5, 5.41) is 9.06. The molecule has 0 fully saturated rings. The number of nitrogens with one attached hydrogen (secondary N) is 1. The van der Waals surface area contributed by atoms with Crippen LogP contribution in [0.2, 0.25) is 0 Å². The molecule has 0 atom stereocenters. The molecule has 7 nitrogen and oxygen atoms in total. The lowest BCUT2D eigenvalue weighted by Crippen LogP contribution is -2.20. The fourth-order valence-electron chi connectivity index (χ4n) is 2.10. The highest BCUT2D eigenvalue weighted by Crippen LogP contribution is 2.29. The molecule has 0 aliphatic rings. The minimum atomic E-state index is -5.11. The Morgan fingerprint density at radius 1 is 1.11 bits per heavy atom. The average Bonchev–Trinajstić information content (AvgIpc) is 2.53. The molecular formula is C16H15F3N2O5S. The quantitative estimate of drug-likeness (QED) is 0.768. The van der Waals surface area contributed by atoms with E-state index < -0.39 is 38.6 Å². The van der Waals surface area contributed by atoms with Gasteiger partial charge in [-0.1, -0.05) is 0 Å². The molecule has 0 aliphatic carbocycles. The molecule has 0 amide bonds. The molecule has 2 N–H and O–H groups in total. The Kier molecular flexibility index (Phi) is 5.54. The van der Waals surface area contributed by atoms with Crippen LogP contribution in [-0.2, 0) is 10.0 Å². The van der Waals surface area contributed by atoms with Gasteiger partial charge in [0.15, 0.2) is 0 Å². The molecule has 2 aromatic carbocycles. The highest BCUT2D eigenvalue weighted by atomic mass is 32.2. The van der Waals surface area contributed by atoms with Crippen molar-refractivity contribution in [2.45, 2.75) is 11.3 Å². The van der Waals surface area contributed by atoms with E-state index in [4.69, 9.17) is 5.11 Å². The lowest BCUT2D eigenvalue weighted by Gasteiger charge is -2.15. The van der Waals surface area contributed by atoms with Gasteiger partial charge in [0, 0.05) is 25.5 Å². The second kappa shape index (κ2) is 7.35. The van der Waals surface area contributed by atoms with Crippen LogP contribution in [0.3, 0.4) is 0 Å². The van der Waals surface area contributed by atoms with E-state index in [0.717, 1.165) is 11.8 Å². The fourth-order valence-corrected chi connectivity index (χ4v) is 3.18. The van der Waals surface area contributed by atoms with Gasteiger partial charge in [-0.3, -0.25) is 4.72 Å². The van der Waals surface area contributed by atoms with Crippen LogP contribution in [0.25, 0.3) is 0 Å². The number of carboxylic acids is 1. The molecule has 0 unspecified atom stereocenters. The fraction of sp³-hybridized carbons (Fsp3) is 0.188. The van der Waals surface area contributed by atoms with Crippen molar-refractivity contribution in [2.75, 3.05) is 23.7 Å². The molecule has 0 saturated heterocycles. The number of halogens is 3. The molecule has 146 valence electrons. The van der Waals surface area contributed by atoms with Crippen molar-refractivity contribution >= 4 is 27.4 Å². The van der Waals surface area contributed by atoms with Crippen LogP contribution in [0.1, 0.15) is 10.4 Å². The zero-order valence-electron chi connectivity index (χ0n) is 14.1. The largest absolute Gasteiger partial charge is 0.573 e. The summed E-state index contributed by atoms with van der Waals surface area (Å²) in [5.41, 5.74) is 0.0889. The second-order valence-electron chi connectivity index (χ2n) is 5.56. The Hall–Kier alpha value is -2.95. The van der Waals surface area contributed by atoms with Gasteiger partial charge in [0.1, 0.15) is 11.3 Å². The van der Waals surface area contributed by atoms with E-state index >= 15 is 0 Å². The lowest BCUT2D eigenvalue weighted by molar-refractivity contribution is -0.274. The highest BCUT2D eigenvalue weighted by molar-refractivity contribution is 7.92. The Bertz CT molecular complexity index is 942. The van der Waals surface area contributed by atoms with Crippen LogP contribution in [0.4, 0.5) is 24.5 Å². The summed E-state index contributed by atoms with van der Waals surface area (Å²) in [5.74, 6) is -2.77. The van der Waals surface area contributed by atoms with Gasteiger partial charge in [0.2, 0.25) is 0 Å².